The molecule has 0 saturated carbocycles. The Balaban J connectivity index is 2.42. The Kier molecular flexibility index (Phi) is 5.83. The molecule has 2 N–H and O–H groups in total. The van der Waals surface area contributed by atoms with Crippen molar-refractivity contribution in [3.63, 3.8) is 0 Å². The molecule has 2 heterocycles. The van der Waals surface area contributed by atoms with Crippen LogP contribution in [0.1, 0.15) is 20.8 Å². The Morgan fingerprint density at radius 3 is 2.61 bits per heavy atom. The standard InChI is InChI=1S/C14H18ClFN4O2S/c1-6(2)17-7(3)5-22-13-8-10(9(16)11(15)19-13)18-14(23-4)20-12(8)21/h6-7,17H,5H2,1-4H3,(H,18,20,21)/t7-/m0/s1. The molecule has 0 spiro atoms. The van der Waals surface area contributed by atoms with E-state index in [1.165, 1.54) is 11.8 Å². The van der Waals surface area contributed by atoms with Crippen molar-refractivity contribution >= 4 is 34.3 Å². The Morgan fingerprint density at radius 1 is 1.30 bits per heavy atom. The van der Waals surface area contributed by atoms with E-state index < -0.39 is 5.82 Å². The van der Waals surface area contributed by atoms with E-state index in [-0.39, 0.29) is 51.7 Å². The van der Waals surface area contributed by atoms with Gasteiger partial charge in [0, 0.05) is 12.1 Å². The number of nitrogens with zero attached hydrogens (tertiary/aromatic N) is 3. The summed E-state index contributed by atoms with van der Waals surface area (Å²) in [5.74, 6) is -1.19. The van der Waals surface area contributed by atoms with E-state index in [1.807, 2.05) is 20.8 Å². The molecule has 0 amide bonds. The second kappa shape index (κ2) is 7.46. The van der Waals surface area contributed by atoms with Crippen molar-refractivity contribution in [3.8, 4) is 11.8 Å². The van der Waals surface area contributed by atoms with Crippen LogP contribution >= 0.6 is 23.4 Å². The third-order valence-electron chi connectivity index (χ3n) is 2.94. The molecule has 0 unspecified atom stereocenters. The van der Waals surface area contributed by atoms with Gasteiger partial charge < -0.3 is 15.2 Å². The van der Waals surface area contributed by atoms with Crippen LogP contribution in [-0.4, -0.2) is 45.0 Å². The molecule has 0 aliphatic rings. The van der Waals surface area contributed by atoms with Crippen molar-refractivity contribution in [3.05, 3.63) is 11.0 Å². The normalized spacial score (nSPS) is 12.8. The summed E-state index contributed by atoms with van der Waals surface area (Å²) in [6.07, 6.45) is 1.72. The number of aromatic nitrogens is 3. The Labute approximate surface area is 142 Å². The number of rotatable bonds is 6. The molecule has 23 heavy (non-hydrogen) atoms. The van der Waals surface area contributed by atoms with Gasteiger partial charge in [0.05, 0.1) is 0 Å². The van der Waals surface area contributed by atoms with Crippen LogP contribution in [0.25, 0.3) is 10.9 Å². The summed E-state index contributed by atoms with van der Waals surface area (Å²) in [5, 5.41) is 13.2. The highest BCUT2D eigenvalue weighted by Gasteiger charge is 2.21. The number of hydrogen-bond donors (Lipinski definition) is 2. The van der Waals surface area contributed by atoms with Gasteiger partial charge in [-0.2, -0.15) is 9.97 Å². The second-order valence-corrected chi connectivity index (χ2v) is 6.44. The quantitative estimate of drug-likeness (QED) is 0.465. The van der Waals surface area contributed by atoms with E-state index >= 15 is 0 Å². The van der Waals surface area contributed by atoms with E-state index in [2.05, 4.69) is 20.3 Å². The highest BCUT2D eigenvalue weighted by Crippen LogP contribution is 2.35. The van der Waals surface area contributed by atoms with E-state index in [9.17, 15) is 9.50 Å². The molecule has 0 fully saturated rings. The van der Waals surface area contributed by atoms with E-state index in [0.29, 0.717) is 0 Å². The van der Waals surface area contributed by atoms with E-state index in [1.54, 1.807) is 6.26 Å². The maximum Gasteiger partial charge on any atom is 0.230 e. The fourth-order valence-corrected chi connectivity index (χ4v) is 2.62. The van der Waals surface area contributed by atoms with E-state index in [0.717, 1.165) is 0 Å². The van der Waals surface area contributed by atoms with Crippen molar-refractivity contribution in [2.45, 2.75) is 38.0 Å². The molecule has 2 aromatic rings. The Hall–Kier alpha value is -1.38. The predicted octanol–water partition coefficient (Wildman–Crippen LogP) is 3.01. The fourth-order valence-electron chi connectivity index (χ4n) is 2.09. The molecule has 6 nitrogen and oxygen atoms in total. The first-order chi connectivity index (χ1) is 10.8. The van der Waals surface area contributed by atoms with Crippen LogP contribution in [-0.2, 0) is 0 Å². The zero-order valence-electron chi connectivity index (χ0n) is 13.2. The summed E-state index contributed by atoms with van der Waals surface area (Å²) in [6, 6.07) is 0.320. The molecule has 0 aliphatic heterocycles. The molecule has 0 bridgehead atoms. The monoisotopic (exact) mass is 360 g/mol. The lowest BCUT2D eigenvalue weighted by atomic mass is 10.2. The minimum atomic E-state index is -0.810. The van der Waals surface area contributed by atoms with Crippen LogP contribution in [0.2, 0.25) is 5.15 Å². The summed E-state index contributed by atoms with van der Waals surface area (Å²) in [7, 11) is 0. The molecule has 2 aromatic heterocycles. The van der Waals surface area contributed by atoms with Crippen LogP contribution in [0.3, 0.4) is 0 Å². The number of aromatic hydroxyl groups is 1. The van der Waals surface area contributed by atoms with Gasteiger partial charge in [0.15, 0.2) is 16.1 Å². The van der Waals surface area contributed by atoms with Crippen LogP contribution < -0.4 is 10.1 Å². The summed E-state index contributed by atoms with van der Waals surface area (Å²) in [5.41, 5.74) is -0.110. The summed E-state index contributed by atoms with van der Waals surface area (Å²) in [6.45, 7) is 6.24. The van der Waals surface area contributed by atoms with Crippen molar-refractivity contribution in [1.82, 2.24) is 20.3 Å². The highest BCUT2D eigenvalue weighted by atomic mass is 35.5. The predicted molar refractivity (Wildman–Crippen MR) is 89.0 cm³/mol. The van der Waals surface area contributed by atoms with Crippen molar-refractivity contribution < 1.29 is 14.2 Å². The van der Waals surface area contributed by atoms with Crippen molar-refractivity contribution in [1.29, 1.82) is 0 Å². The molecule has 0 saturated heterocycles. The third kappa shape index (κ3) is 4.13. The average Bonchev–Trinajstić information content (AvgIpc) is 2.48. The first-order valence-corrected chi connectivity index (χ1v) is 8.62. The average molecular weight is 361 g/mol. The van der Waals surface area contributed by atoms with Crippen LogP contribution in [0.5, 0.6) is 11.8 Å². The molecule has 126 valence electrons. The van der Waals surface area contributed by atoms with Crippen LogP contribution in [0.4, 0.5) is 4.39 Å². The molecule has 9 heteroatoms. The first-order valence-electron chi connectivity index (χ1n) is 7.02. The zero-order chi connectivity index (χ0) is 17.1. The van der Waals surface area contributed by atoms with Crippen molar-refractivity contribution in [2.24, 2.45) is 0 Å². The van der Waals surface area contributed by atoms with Crippen LogP contribution in [0.15, 0.2) is 5.16 Å². The minimum Gasteiger partial charge on any atom is -0.493 e. The maximum absolute atomic E-state index is 14.2. The Morgan fingerprint density at radius 2 is 2.00 bits per heavy atom. The summed E-state index contributed by atoms with van der Waals surface area (Å²) in [4.78, 5) is 11.8. The summed E-state index contributed by atoms with van der Waals surface area (Å²) < 4.78 is 19.8. The largest absolute Gasteiger partial charge is 0.493 e. The number of ether oxygens (including phenoxy) is 1. The Bertz CT molecular complexity index is 717. The van der Waals surface area contributed by atoms with Gasteiger partial charge in [-0.1, -0.05) is 37.2 Å². The molecule has 0 aromatic carbocycles. The highest BCUT2D eigenvalue weighted by molar-refractivity contribution is 7.98. The minimum absolute atomic E-state index is 0.00830. The number of pyridine rings is 1. The molecule has 1 atom stereocenters. The van der Waals surface area contributed by atoms with E-state index in [4.69, 9.17) is 16.3 Å². The lowest BCUT2D eigenvalue weighted by molar-refractivity contribution is 0.259. The van der Waals surface area contributed by atoms with Crippen LogP contribution in [0, 0.1) is 5.82 Å². The second-order valence-electron chi connectivity index (χ2n) is 5.31. The molecule has 0 radical (unpaired) electrons. The smallest absolute Gasteiger partial charge is 0.230 e. The van der Waals surface area contributed by atoms with Gasteiger partial charge in [0.2, 0.25) is 11.8 Å². The van der Waals surface area contributed by atoms with Gasteiger partial charge >= 0.3 is 0 Å². The third-order valence-corrected chi connectivity index (χ3v) is 3.74. The van der Waals surface area contributed by atoms with Gasteiger partial charge in [-0.05, 0) is 13.2 Å². The van der Waals surface area contributed by atoms with Gasteiger partial charge in [-0.25, -0.2) is 9.37 Å². The van der Waals surface area contributed by atoms with Crippen molar-refractivity contribution in [2.75, 3.05) is 12.9 Å². The summed E-state index contributed by atoms with van der Waals surface area (Å²) >= 11 is 6.99. The molecule has 0 aliphatic carbocycles. The lowest BCUT2D eigenvalue weighted by Crippen LogP contribution is -2.36. The van der Waals surface area contributed by atoms with Gasteiger partial charge in [0.25, 0.3) is 0 Å². The lowest BCUT2D eigenvalue weighted by Gasteiger charge is -2.18. The number of fused-ring (bicyclic) bond motifs is 1. The number of nitrogens with one attached hydrogen (secondary N) is 1. The molecular weight excluding hydrogens is 343 g/mol. The van der Waals surface area contributed by atoms with Gasteiger partial charge in [0.1, 0.15) is 17.5 Å². The molecular formula is C14H18ClFN4O2S. The fraction of sp³-hybridized carbons (Fsp3) is 0.500. The zero-order valence-corrected chi connectivity index (χ0v) is 14.8. The maximum atomic E-state index is 14.2. The first kappa shape index (κ1) is 18.0. The van der Waals surface area contributed by atoms with Gasteiger partial charge in [-0.3, -0.25) is 0 Å². The molecule has 2 rings (SSSR count). The number of thioether (sulfide) groups is 1. The van der Waals surface area contributed by atoms with Gasteiger partial charge in [-0.15, -0.1) is 0 Å². The SMILES string of the molecule is CSc1nc(O)c2c(OC[C@H](C)NC(C)C)nc(Cl)c(F)c2n1. The topological polar surface area (TPSA) is 80.2 Å². The number of hydrogen-bond acceptors (Lipinski definition) is 7. The number of halogens is 2.